The highest BCUT2D eigenvalue weighted by atomic mass is 16.5. The van der Waals surface area contributed by atoms with Crippen molar-refractivity contribution in [1.29, 1.82) is 0 Å². The van der Waals surface area contributed by atoms with Crippen LogP contribution >= 0.6 is 0 Å². The van der Waals surface area contributed by atoms with Gasteiger partial charge in [-0.25, -0.2) is 0 Å². The topological polar surface area (TPSA) is 55.1 Å². The second-order valence-corrected chi connectivity index (χ2v) is 3.78. The largest absolute Gasteiger partial charge is 0.362 e. The predicted octanol–water partition coefficient (Wildman–Crippen LogP) is 2.52. The summed E-state index contributed by atoms with van der Waals surface area (Å²) in [7, 11) is 0. The fourth-order valence-electron chi connectivity index (χ4n) is 1.06. The van der Waals surface area contributed by atoms with Gasteiger partial charge in [-0.15, -0.1) is 6.58 Å². The molecular weight excluding hydrogens is 192 g/mol. The average molecular weight is 208 g/mol. The first kappa shape index (κ1) is 11.5. The van der Waals surface area contributed by atoms with E-state index in [1.807, 2.05) is 20.8 Å². The van der Waals surface area contributed by atoms with E-state index in [0.717, 1.165) is 5.56 Å². The third-order valence-electron chi connectivity index (χ3n) is 2.68. The smallest absolute Gasteiger partial charge is 0.235 e. The molecule has 0 aliphatic heterocycles. The lowest BCUT2D eigenvalue weighted by Crippen LogP contribution is -2.31. The fraction of sp³-hybridized carbons (Fsp3) is 0.455. The molecule has 1 atom stereocenters. The Kier molecular flexibility index (Phi) is 3.29. The van der Waals surface area contributed by atoms with Crippen LogP contribution in [-0.4, -0.2) is 11.1 Å². The summed E-state index contributed by atoms with van der Waals surface area (Å²) in [5.41, 5.74) is 0.247. The molecule has 0 aromatic carbocycles. The SMILES string of the molecule is C=CC(C)(CC)C(=O)Nc1nocc1C. The summed E-state index contributed by atoms with van der Waals surface area (Å²) in [6.45, 7) is 9.27. The molecule has 15 heavy (non-hydrogen) atoms. The molecule has 1 heterocycles. The van der Waals surface area contributed by atoms with E-state index in [4.69, 9.17) is 4.52 Å². The van der Waals surface area contributed by atoms with Gasteiger partial charge in [-0.2, -0.15) is 0 Å². The summed E-state index contributed by atoms with van der Waals surface area (Å²) in [6.07, 6.45) is 3.84. The maximum absolute atomic E-state index is 11.9. The van der Waals surface area contributed by atoms with Crippen LogP contribution in [0.1, 0.15) is 25.8 Å². The first-order valence-corrected chi connectivity index (χ1v) is 4.89. The molecule has 82 valence electrons. The zero-order valence-corrected chi connectivity index (χ0v) is 9.33. The Morgan fingerprint density at radius 2 is 2.47 bits per heavy atom. The van der Waals surface area contributed by atoms with Crippen LogP contribution in [0.3, 0.4) is 0 Å². The van der Waals surface area contributed by atoms with Crippen molar-refractivity contribution in [3.8, 4) is 0 Å². The molecule has 4 nitrogen and oxygen atoms in total. The van der Waals surface area contributed by atoms with Gasteiger partial charge < -0.3 is 9.84 Å². The Bertz CT molecular complexity index is 370. The Morgan fingerprint density at radius 1 is 1.80 bits per heavy atom. The second-order valence-electron chi connectivity index (χ2n) is 3.78. The third-order valence-corrected chi connectivity index (χ3v) is 2.68. The maximum atomic E-state index is 11.9. The Morgan fingerprint density at radius 3 is 2.87 bits per heavy atom. The lowest BCUT2D eigenvalue weighted by Gasteiger charge is -2.21. The van der Waals surface area contributed by atoms with Gasteiger partial charge >= 0.3 is 0 Å². The number of anilines is 1. The highest BCUT2D eigenvalue weighted by molar-refractivity contribution is 5.95. The van der Waals surface area contributed by atoms with Gasteiger partial charge in [-0.05, 0) is 20.3 Å². The van der Waals surface area contributed by atoms with Crippen molar-refractivity contribution in [2.45, 2.75) is 27.2 Å². The molecule has 0 saturated carbocycles. The molecule has 1 amide bonds. The minimum absolute atomic E-state index is 0.114. The molecule has 0 bridgehead atoms. The van der Waals surface area contributed by atoms with Crippen molar-refractivity contribution in [1.82, 2.24) is 5.16 Å². The lowest BCUT2D eigenvalue weighted by atomic mass is 9.87. The molecular formula is C11H16N2O2. The molecule has 0 aliphatic carbocycles. The number of amides is 1. The number of hydrogen-bond donors (Lipinski definition) is 1. The first-order chi connectivity index (χ1) is 7.03. The number of carbonyl (C=O) groups excluding carboxylic acids is 1. The van der Waals surface area contributed by atoms with Crippen LogP contribution in [0.4, 0.5) is 5.82 Å². The normalized spacial score (nSPS) is 14.3. The van der Waals surface area contributed by atoms with Crippen LogP contribution in [-0.2, 0) is 4.79 Å². The molecule has 0 radical (unpaired) electrons. The number of rotatable bonds is 4. The van der Waals surface area contributed by atoms with Gasteiger partial charge in [0.15, 0.2) is 5.82 Å². The third kappa shape index (κ3) is 2.26. The van der Waals surface area contributed by atoms with E-state index < -0.39 is 5.41 Å². The number of carbonyl (C=O) groups is 1. The van der Waals surface area contributed by atoms with Crippen molar-refractivity contribution in [3.05, 3.63) is 24.5 Å². The summed E-state index contributed by atoms with van der Waals surface area (Å²) in [6, 6.07) is 0. The fourth-order valence-corrected chi connectivity index (χ4v) is 1.06. The number of aromatic nitrogens is 1. The number of nitrogens with one attached hydrogen (secondary N) is 1. The van der Waals surface area contributed by atoms with E-state index in [1.165, 1.54) is 6.26 Å². The molecule has 1 aromatic rings. The molecule has 4 heteroatoms. The van der Waals surface area contributed by atoms with Crippen LogP contribution in [0, 0.1) is 12.3 Å². The Balaban J connectivity index is 2.80. The standard InChI is InChI=1S/C11H16N2O2/c1-5-11(4,6-2)10(14)12-9-8(3)7-15-13-9/h5,7H,1,6H2,2-4H3,(H,12,13,14). The van der Waals surface area contributed by atoms with Crippen LogP contribution in [0.15, 0.2) is 23.4 Å². The van der Waals surface area contributed by atoms with E-state index in [0.29, 0.717) is 12.2 Å². The van der Waals surface area contributed by atoms with Crippen molar-refractivity contribution < 1.29 is 9.32 Å². The first-order valence-electron chi connectivity index (χ1n) is 4.89. The number of aryl methyl sites for hydroxylation is 1. The average Bonchev–Trinajstić information content (AvgIpc) is 2.63. The number of hydrogen-bond acceptors (Lipinski definition) is 3. The molecule has 1 rings (SSSR count). The van der Waals surface area contributed by atoms with Crippen molar-refractivity contribution in [3.63, 3.8) is 0 Å². The molecule has 1 N–H and O–H groups in total. The number of nitrogens with zero attached hydrogens (tertiary/aromatic N) is 1. The second kappa shape index (κ2) is 4.29. The molecule has 1 aromatic heterocycles. The lowest BCUT2D eigenvalue weighted by molar-refractivity contribution is -0.122. The van der Waals surface area contributed by atoms with E-state index in [2.05, 4.69) is 17.1 Å². The van der Waals surface area contributed by atoms with Gasteiger partial charge in [-0.1, -0.05) is 18.2 Å². The minimum Gasteiger partial charge on any atom is -0.362 e. The Hall–Kier alpha value is -1.58. The van der Waals surface area contributed by atoms with Crippen LogP contribution in [0.2, 0.25) is 0 Å². The summed E-state index contributed by atoms with van der Waals surface area (Å²) < 4.78 is 4.74. The van der Waals surface area contributed by atoms with Gasteiger partial charge in [0.1, 0.15) is 6.26 Å². The van der Waals surface area contributed by atoms with Crippen LogP contribution < -0.4 is 5.32 Å². The van der Waals surface area contributed by atoms with E-state index in [1.54, 1.807) is 6.08 Å². The predicted molar refractivity (Wildman–Crippen MR) is 58.5 cm³/mol. The van der Waals surface area contributed by atoms with Gasteiger partial charge in [0, 0.05) is 5.56 Å². The van der Waals surface area contributed by atoms with Crippen LogP contribution in [0.5, 0.6) is 0 Å². The Labute approximate surface area is 89.3 Å². The molecule has 0 spiro atoms. The minimum atomic E-state index is -0.564. The highest BCUT2D eigenvalue weighted by Crippen LogP contribution is 2.24. The van der Waals surface area contributed by atoms with E-state index in [-0.39, 0.29) is 5.91 Å². The molecule has 0 fully saturated rings. The summed E-state index contributed by atoms with van der Waals surface area (Å²) in [4.78, 5) is 11.9. The quantitative estimate of drug-likeness (QED) is 0.773. The zero-order chi connectivity index (χ0) is 11.5. The van der Waals surface area contributed by atoms with Crippen molar-refractivity contribution in [2.24, 2.45) is 5.41 Å². The van der Waals surface area contributed by atoms with Gasteiger partial charge in [-0.3, -0.25) is 4.79 Å². The van der Waals surface area contributed by atoms with E-state index in [9.17, 15) is 4.79 Å². The van der Waals surface area contributed by atoms with Crippen molar-refractivity contribution in [2.75, 3.05) is 5.32 Å². The molecule has 0 saturated heterocycles. The summed E-state index contributed by atoms with van der Waals surface area (Å²) >= 11 is 0. The van der Waals surface area contributed by atoms with E-state index >= 15 is 0 Å². The van der Waals surface area contributed by atoms with Crippen LogP contribution in [0.25, 0.3) is 0 Å². The monoisotopic (exact) mass is 208 g/mol. The van der Waals surface area contributed by atoms with Gasteiger partial charge in [0.25, 0.3) is 0 Å². The molecule has 1 unspecified atom stereocenters. The summed E-state index contributed by atoms with van der Waals surface area (Å²) in [5.74, 6) is 0.360. The van der Waals surface area contributed by atoms with Crippen molar-refractivity contribution >= 4 is 11.7 Å². The molecule has 0 aliphatic rings. The zero-order valence-electron chi connectivity index (χ0n) is 9.33. The highest BCUT2D eigenvalue weighted by Gasteiger charge is 2.28. The van der Waals surface area contributed by atoms with Gasteiger partial charge in [0.2, 0.25) is 5.91 Å². The summed E-state index contributed by atoms with van der Waals surface area (Å²) in [5, 5.41) is 6.41. The van der Waals surface area contributed by atoms with Gasteiger partial charge in [0.05, 0.1) is 5.41 Å². The maximum Gasteiger partial charge on any atom is 0.235 e.